The van der Waals surface area contributed by atoms with Gasteiger partial charge in [-0.1, -0.05) is 12.1 Å². The number of anilines is 1. The highest BCUT2D eigenvalue weighted by Gasteiger charge is 2.23. The number of benzene rings is 1. The van der Waals surface area contributed by atoms with Crippen molar-refractivity contribution < 1.29 is 14.6 Å². The van der Waals surface area contributed by atoms with Gasteiger partial charge >= 0.3 is 5.97 Å². The molecule has 1 fully saturated rings. The smallest absolute Gasteiger partial charge is 0.305 e. The van der Waals surface area contributed by atoms with Gasteiger partial charge in [-0.15, -0.1) is 11.8 Å². The van der Waals surface area contributed by atoms with Crippen molar-refractivity contribution in [2.45, 2.75) is 25.3 Å². The normalized spacial score (nSPS) is 21.1. The van der Waals surface area contributed by atoms with Crippen molar-refractivity contribution >= 4 is 39.4 Å². The molecule has 1 atom stereocenters. The lowest BCUT2D eigenvalue weighted by atomic mass is 10.0. The maximum atomic E-state index is 10.9. The summed E-state index contributed by atoms with van der Waals surface area (Å²) in [6.07, 6.45) is 2.31. The van der Waals surface area contributed by atoms with Crippen molar-refractivity contribution in [3.63, 3.8) is 0 Å². The van der Waals surface area contributed by atoms with Crippen LogP contribution in [0.5, 0.6) is 0 Å². The van der Waals surface area contributed by atoms with Gasteiger partial charge in [-0.05, 0) is 30.9 Å². The first-order valence-corrected chi connectivity index (χ1v) is 10.0. The van der Waals surface area contributed by atoms with Gasteiger partial charge in [0.15, 0.2) is 0 Å². The first-order valence-electron chi connectivity index (χ1n) is 9.05. The molecule has 2 aliphatic rings. The molecule has 0 radical (unpaired) electrons. The van der Waals surface area contributed by atoms with Crippen molar-refractivity contribution in [3.05, 3.63) is 30.0 Å². The third kappa shape index (κ3) is 3.88. The summed E-state index contributed by atoms with van der Waals surface area (Å²) in [6, 6.07) is 8.21. The summed E-state index contributed by atoms with van der Waals surface area (Å²) in [5, 5.41) is 14.6. The molecule has 2 aromatic rings. The Hall–Kier alpha value is -1.99. The van der Waals surface area contributed by atoms with Crippen LogP contribution in [0.15, 0.2) is 29.3 Å². The van der Waals surface area contributed by atoms with E-state index < -0.39 is 5.97 Å². The second-order valence-electron chi connectivity index (χ2n) is 6.89. The van der Waals surface area contributed by atoms with Gasteiger partial charge in [0.2, 0.25) is 0 Å². The molecule has 1 aromatic carbocycles. The molecule has 6 nitrogen and oxygen atoms in total. The van der Waals surface area contributed by atoms with Crippen molar-refractivity contribution in [1.29, 1.82) is 0 Å². The van der Waals surface area contributed by atoms with Crippen LogP contribution in [0.3, 0.4) is 0 Å². The van der Waals surface area contributed by atoms with Crippen LogP contribution in [-0.4, -0.2) is 52.7 Å². The molecule has 138 valence electrons. The number of carbonyl (C=O) groups is 1. The molecular formula is C19H23N3O3S. The highest BCUT2D eigenvalue weighted by molar-refractivity contribution is 8.14. The average Bonchev–Trinajstić information content (AvgIpc) is 3.27. The molecule has 0 spiro atoms. The Bertz CT molecular complexity index is 827. The number of aromatic amines is 1. The van der Waals surface area contributed by atoms with Crippen molar-refractivity contribution in [3.8, 4) is 0 Å². The summed E-state index contributed by atoms with van der Waals surface area (Å²) >= 11 is 1.62. The summed E-state index contributed by atoms with van der Waals surface area (Å²) in [5.74, 6) is 0.586. The Kier molecular flexibility index (Phi) is 5.17. The van der Waals surface area contributed by atoms with E-state index in [0.717, 1.165) is 65.7 Å². The van der Waals surface area contributed by atoms with Crippen LogP contribution in [0.2, 0.25) is 0 Å². The number of carboxylic acid groups (broad SMARTS) is 1. The fraction of sp³-hybridized carbons (Fsp3) is 0.474. The number of aromatic nitrogens is 1. The summed E-state index contributed by atoms with van der Waals surface area (Å²) in [5.41, 5.74) is 3.16. The Balaban J connectivity index is 1.51. The van der Waals surface area contributed by atoms with Gasteiger partial charge in [-0.2, -0.15) is 0 Å². The number of aliphatic imine (C=N–C) groups is 1. The Morgan fingerprint density at radius 3 is 3.04 bits per heavy atom. The number of rotatable bonds is 6. The lowest BCUT2D eigenvalue weighted by molar-refractivity contribution is -0.137. The van der Waals surface area contributed by atoms with Crippen LogP contribution in [0.4, 0.5) is 5.69 Å². The average molecular weight is 373 g/mol. The number of para-hydroxylation sites is 1. The topological polar surface area (TPSA) is 86.7 Å². The van der Waals surface area contributed by atoms with Gasteiger partial charge < -0.3 is 20.1 Å². The maximum absolute atomic E-state index is 10.9. The van der Waals surface area contributed by atoms with Crippen LogP contribution >= 0.6 is 11.8 Å². The summed E-state index contributed by atoms with van der Waals surface area (Å²) in [4.78, 5) is 18.9. The minimum atomic E-state index is -0.795. The first-order chi connectivity index (χ1) is 12.7. The lowest BCUT2D eigenvalue weighted by Crippen LogP contribution is -2.22. The fourth-order valence-electron chi connectivity index (χ4n) is 3.49. The quantitative estimate of drug-likeness (QED) is 0.723. The molecule has 0 saturated carbocycles. The Labute approximate surface area is 156 Å². The number of thioether (sulfide) groups is 1. The molecule has 0 bridgehead atoms. The predicted molar refractivity (Wildman–Crippen MR) is 105 cm³/mol. The van der Waals surface area contributed by atoms with Crippen molar-refractivity contribution in [1.82, 2.24) is 4.98 Å². The second-order valence-corrected chi connectivity index (χ2v) is 7.90. The molecule has 1 aromatic heterocycles. The molecule has 0 aliphatic carbocycles. The number of nitrogens with one attached hydrogen (secondary N) is 2. The zero-order valence-electron chi connectivity index (χ0n) is 14.5. The minimum absolute atomic E-state index is 0.0919. The van der Waals surface area contributed by atoms with Crippen LogP contribution in [0.25, 0.3) is 10.9 Å². The molecule has 4 rings (SSSR count). The van der Waals surface area contributed by atoms with E-state index in [1.807, 2.05) is 0 Å². The van der Waals surface area contributed by atoms with Crippen LogP contribution in [-0.2, 0) is 9.53 Å². The van der Waals surface area contributed by atoms with E-state index in [2.05, 4.69) is 39.6 Å². The SMILES string of the molecule is O=C(O)C[C@H]1CSC(c2cc3cccc(NCC4CCOCC4)c3[nH]2)=N1. The number of aliphatic carboxylic acids is 1. The lowest BCUT2D eigenvalue weighted by Gasteiger charge is -2.22. The maximum Gasteiger partial charge on any atom is 0.305 e. The van der Waals surface area contributed by atoms with E-state index in [1.54, 1.807) is 11.8 Å². The van der Waals surface area contributed by atoms with Gasteiger partial charge in [0.25, 0.3) is 0 Å². The number of fused-ring (bicyclic) bond motifs is 1. The van der Waals surface area contributed by atoms with Crippen LogP contribution in [0.1, 0.15) is 25.0 Å². The van der Waals surface area contributed by atoms with Gasteiger partial charge in [-0.3, -0.25) is 9.79 Å². The third-order valence-electron chi connectivity index (χ3n) is 4.93. The van der Waals surface area contributed by atoms with E-state index >= 15 is 0 Å². The Morgan fingerprint density at radius 2 is 2.23 bits per heavy atom. The van der Waals surface area contributed by atoms with Crippen LogP contribution < -0.4 is 5.32 Å². The van der Waals surface area contributed by atoms with Gasteiger partial charge in [0, 0.05) is 30.9 Å². The molecule has 3 heterocycles. The number of hydrogen-bond acceptors (Lipinski definition) is 5. The van der Waals surface area contributed by atoms with E-state index in [9.17, 15) is 4.79 Å². The molecule has 2 aliphatic heterocycles. The van der Waals surface area contributed by atoms with Crippen molar-refractivity contribution in [2.24, 2.45) is 10.9 Å². The Morgan fingerprint density at radius 1 is 1.38 bits per heavy atom. The third-order valence-corrected chi connectivity index (χ3v) is 6.08. The molecule has 3 N–H and O–H groups in total. The fourth-order valence-corrected chi connectivity index (χ4v) is 4.52. The minimum Gasteiger partial charge on any atom is -0.481 e. The number of carboxylic acids is 1. The molecule has 1 saturated heterocycles. The molecule has 26 heavy (non-hydrogen) atoms. The zero-order chi connectivity index (χ0) is 17.9. The van der Waals surface area contributed by atoms with Gasteiger partial charge in [0.05, 0.1) is 29.4 Å². The summed E-state index contributed by atoms with van der Waals surface area (Å²) in [7, 11) is 0. The highest BCUT2D eigenvalue weighted by Crippen LogP contribution is 2.30. The highest BCUT2D eigenvalue weighted by atomic mass is 32.2. The zero-order valence-corrected chi connectivity index (χ0v) is 15.3. The number of hydrogen-bond donors (Lipinski definition) is 3. The first kappa shape index (κ1) is 17.4. The molecular weight excluding hydrogens is 350 g/mol. The second kappa shape index (κ2) is 7.72. The van der Waals surface area contributed by atoms with E-state index in [1.165, 1.54) is 0 Å². The largest absolute Gasteiger partial charge is 0.481 e. The number of ether oxygens (including phenoxy) is 1. The van der Waals surface area contributed by atoms with Crippen LogP contribution in [0, 0.1) is 5.92 Å². The molecule has 7 heteroatoms. The van der Waals surface area contributed by atoms with E-state index in [0.29, 0.717) is 5.92 Å². The molecule has 0 unspecified atom stereocenters. The monoisotopic (exact) mass is 373 g/mol. The van der Waals surface area contributed by atoms with E-state index in [4.69, 9.17) is 9.84 Å². The standard InChI is InChI=1S/C19H23N3O3S/c23-17(24)9-14-11-26-19(21-14)16-8-13-2-1-3-15(18(13)22-16)20-10-12-4-6-25-7-5-12/h1-3,8,12,14,20,22H,4-7,9-11H2,(H,23,24)/t14-/m0/s1. The predicted octanol–water partition coefficient (Wildman–Crippen LogP) is 3.34. The van der Waals surface area contributed by atoms with Crippen molar-refractivity contribution in [2.75, 3.05) is 30.8 Å². The van der Waals surface area contributed by atoms with E-state index in [-0.39, 0.29) is 12.5 Å². The summed E-state index contributed by atoms with van der Waals surface area (Å²) in [6.45, 7) is 2.67. The summed E-state index contributed by atoms with van der Waals surface area (Å²) < 4.78 is 5.43. The molecule has 0 amide bonds. The number of nitrogens with zero attached hydrogens (tertiary/aromatic N) is 1. The van der Waals surface area contributed by atoms with Gasteiger partial charge in [0.1, 0.15) is 5.04 Å². The number of H-pyrrole nitrogens is 1. The van der Waals surface area contributed by atoms with Gasteiger partial charge in [-0.25, -0.2) is 0 Å².